The predicted octanol–water partition coefficient (Wildman–Crippen LogP) is 4.82. The molecule has 2 amide bonds. The molecule has 0 bridgehead atoms. The monoisotopic (exact) mass is 433 g/mol. The predicted molar refractivity (Wildman–Crippen MR) is 122 cm³/mol. The van der Waals surface area contributed by atoms with Crippen molar-refractivity contribution in [3.63, 3.8) is 0 Å². The fourth-order valence-electron chi connectivity index (χ4n) is 3.00. The molecular formula is C23H19N3O4S. The summed E-state index contributed by atoms with van der Waals surface area (Å²) in [5, 5.41) is 6.17. The van der Waals surface area contributed by atoms with Crippen LogP contribution in [0.15, 0.2) is 66.7 Å². The Labute approximate surface area is 182 Å². The van der Waals surface area contributed by atoms with Crippen LogP contribution in [0.2, 0.25) is 0 Å². The maximum atomic E-state index is 12.7. The zero-order chi connectivity index (χ0) is 21.8. The van der Waals surface area contributed by atoms with Crippen LogP contribution < -0.4 is 20.1 Å². The maximum Gasteiger partial charge on any atom is 0.259 e. The van der Waals surface area contributed by atoms with Crippen molar-refractivity contribution < 1.29 is 19.1 Å². The van der Waals surface area contributed by atoms with Crippen molar-refractivity contribution in [3.05, 3.63) is 77.9 Å². The molecule has 7 nitrogen and oxygen atoms in total. The van der Waals surface area contributed by atoms with Gasteiger partial charge in [-0.15, -0.1) is 0 Å². The van der Waals surface area contributed by atoms with Gasteiger partial charge in [-0.25, -0.2) is 4.98 Å². The van der Waals surface area contributed by atoms with Crippen molar-refractivity contribution in [1.82, 2.24) is 4.98 Å². The minimum atomic E-state index is -0.305. The molecule has 0 fully saturated rings. The highest BCUT2D eigenvalue weighted by molar-refractivity contribution is 7.22. The fraction of sp³-hybridized carbons (Fsp3) is 0.0870. The Morgan fingerprint density at radius 2 is 1.68 bits per heavy atom. The number of amides is 2. The summed E-state index contributed by atoms with van der Waals surface area (Å²) in [5.74, 6) is 0.493. The highest BCUT2D eigenvalue weighted by Gasteiger charge is 2.15. The van der Waals surface area contributed by atoms with Gasteiger partial charge in [0.05, 0.1) is 30.0 Å². The van der Waals surface area contributed by atoms with Crippen LogP contribution in [0.3, 0.4) is 0 Å². The van der Waals surface area contributed by atoms with E-state index >= 15 is 0 Å². The average Bonchev–Trinajstić information content (AvgIpc) is 3.20. The van der Waals surface area contributed by atoms with Gasteiger partial charge in [-0.05, 0) is 42.5 Å². The normalized spacial score (nSPS) is 10.5. The summed E-state index contributed by atoms with van der Waals surface area (Å²) in [6, 6.07) is 19.3. The molecule has 8 heteroatoms. The highest BCUT2D eigenvalue weighted by Crippen LogP contribution is 2.30. The van der Waals surface area contributed by atoms with Crippen LogP contribution in [0.1, 0.15) is 20.7 Å². The second-order valence-electron chi connectivity index (χ2n) is 6.54. The molecule has 0 spiro atoms. The van der Waals surface area contributed by atoms with Crippen molar-refractivity contribution in [2.45, 2.75) is 0 Å². The van der Waals surface area contributed by atoms with Crippen molar-refractivity contribution in [2.75, 3.05) is 24.9 Å². The molecule has 0 unspecified atom stereocenters. The summed E-state index contributed by atoms with van der Waals surface area (Å²) in [5.41, 5.74) is 2.29. The van der Waals surface area contributed by atoms with Crippen LogP contribution in [0.5, 0.6) is 11.5 Å². The number of carbonyl (C=O) groups excluding carboxylic acids is 2. The summed E-state index contributed by atoms with van der Waals surface area (Å²) in [4.78, 5) is 29.5. The third kappa shape index (κ3) is 4.49. The lowest BCUT2D eigenvalue weighted by Crippen LogP contribution is -2.13. The van der Waals surface area contributed by atoms with E-state index in [1.165, 1.54) is 18.4 Å². The van der Waals surface area contributed by atoms with E-state index < -0.39 is 0 Å². The SMILES string of the molecule is COc1ccc(C(=O)Nc2ccc3nc(NC(=O)c4ccccc4)sc3c2)c(OC)c1. The summed E-state index contributed by atoms with van der Waals surface area (Å²) < 4.78 is 11.3. The first kappa shape index (κ1) is 20.4. The van der Waals surface area contributed by atoms with E-state index in [4.69, 9.17) is 9.47 Å². The van der Waals surface area contributed by atoms with Crippen LogP contribution in [0.25, 0.3) is 10.2 Å². The number of methoxy groups -OCH3 is 2. The van der Waals surface area contributed by atoms with Gasteiger partial charge < -0.3 is 14.8 Å². The number of nitrogens with one attached hydrogen (secondary N) is 2. The molecule has 1 heterocycles. The third-order valence-corrected chi connectivity index (χ3v) is 5.49. The van der Waals surface area contributed by atoms with Crippen LogP contribution >= 0.6 is 11.3 Å². The molecule has 0 aliphatic carbocycles. The minimum Gasteiger partial charge on any atom is -0.497 e. The lowest BCUT2D eigenvalue weighted by molar-refractivity contribution is 0.101. The van der Waals surface area contributed by atoms with Gasteiger partial charge in [0.25, 0.3) is 11.8 Å². The Kier molecular flexibility index (Phi) is 5.81. The minimum absolute atomic E-state index is 0.222. The number of carbonyl (C=O) groups is 2. The zero-order valence-corrected chi connectivity index (χ0v) is 17.7. The van der Waals surface area contributed by atoms with E-state index in [9.17, 15) is 9.59 Å². The summed E-state index contributed by atoms with van der Waals surface area (Å²) in [6.45, 7) is 0. The first-order chi connectivity index (χ1) is 15.1. The Morgan fingerprint density at radius 1 is 0.871 bits per heavy atom. The van der Waals surface area contributed by atoms with Gasteiger partial charge >= 0.3 is 0 Å². The number of anilines is 2. The highest BCUT2D eigenvalue weighted by atomic mass is 32.1. The number of thiazole rings is 1. The molecular weight excluding hydrogens is 414 g/mol. The van der Waals surface area contributed by atoms with E-state index in [1.807, 2.05) is 12.1 Å². The number of rotatable bonds is 6. The molecule has 3 aromatic carbocycles. The summed E-state index contributed by atoms with van der Waals surface area (Å²) in [7, 11) is 3.05. The summed E-state index contributed by atoms with van der Waals surface area (Å²) in [6.07, 6.45) is 0. The first-order valence-corrected chi connectivity index (χ1v) is 10.2. The zero-order valence-electron chi connectivity index (χ0n) is 16.8. The van der Waals surface area contributed by atoms with E-state index in [2.05, 4.69) is 15.6 Å². The van der Waals surface area contributed by atoms with Gasteiger partial charge in [-0.2, -0.15) is 0 Å². The average molecular weight is 433 g/mol. The van der Waals surface area contributed by atoms with E-state index in [1.54, 1.807) is 61.7 Å². The van der Waals surface area contributed by atoms with Crippen molar-refractivity contribution in [1.29, 1.82) is 0 Å². The molecule has 0 radical (unpaired) electrons. The van der Waals surface area contributed by atoms with Gasteiger partial charge in [0.1, 0.15) is 11.5 Å². The maximum absolute atomic E-state index is 12.7. The van der Waals surface area contributed by atoms with Crippen LogP contribution in [-0.2, 0) is 0 Å². The standard InChI is InChI=1S/C23H19N3O4S/c1-29-16-9-10-17(19(13-16)30-2)22(28)24-15-8-11-18-20(12-15)31-23(25-18)26-21(27)14-6-4-3-5-7-14/h3-13H,1-2H3,(H,24,28)(H,25,26,27). The van der Waals surface area contributed by atoms with Gasteiger partial charge in [-0.1, -0.05) is 29.5 Å². The smallest absolute Gasteiger partial charge is 0.259 e. The first-order valence-electron chi connectivity index (χ1n) is 9.38. The van der Waals surface area contributed by atoms with Crippen LogP contribution in [-0.4, -0.2) is 31.0 Å². The topological polar surface area (TPSA) is 89.5 Å². The van der Waals surface area contributed by atoms with Gasteiger partial charge in [-0.3, -0.25) is 14.9 Å². The molecule has 0 atom stereocenters. The molecule has 0 aliphatic rings. The third-order valence-electron chi connectivity index (χ3n) is 4.56. The van der Waals surface area contributed by atoms with Crippen LogP contribution in [0, 0.1) is 0 Å². The quantitative estimate of drug-likeness (QED) is 0.455. The van der Waals surface area contributed by atoms with E-state index in [0.717, 1.165) is 10.2 Å². The van der Waals surface area contributed by atoms with Gasteiger partial charge in [0.2, 0.25) is 0 Å². The van der Waals surface area contributed by atoms with Crippen molar-refractivity contribution in [3.8, 4) is 11.5 Å². The number of benzene rings is 3. The Balaban J connectivity index is 1.52. The fourth-order valence-corrected chi connectivity index (χ4v) is 3.90. The molecule has 2 N–H and O–H groups in total. The second-order valence-corrected chi connectivity index (χ2v) is 7.57. The van der Waals surface area contributed by atoms with Crippen LogP contribution in [0.4, 0.5) is 10.8 Å². The molecule has 156 valence electrons. The molecule has 31 heavy (non-hydrogen) atoms. The molecule has 0 aliphatic heterocycles. The molecule has 0 saturated heterocycles. The molecule has 0 saturated carbocycles. The lowest BCUT2D eigenvalue weighted by atomic mass is 10.1. The Morgan fingerprint density at radius 3 is 2.42 bits per heavy atom. The largest absolute Gasteiger partial charge is 0.497 e. The van der Waals surface area contributed by atoms with Gasteiger partial charge in [0.15, 0.2) is 5.13 Å². The van der Waals surface area contributed by atoms with Gasteiger partial charge in [0, 0.05) is 17.3 Å². The summed E-state index contributed by atoms with van der Waals surface area (Å²) >= 11 is 1.33. The number of hydrogen-bond acceptors (Lipinski definition) is 6. The second kappa shape index (κ2) is 8.85. The number of aromatic nitrogens is 1. The number of ether oxygens (including phenoxy) is 2. The van der Waals surface area contributed by atoms with E-state index in [-0.39, 0.29) is 11.8 Å². The lowest BCUT2D eigenvalue weighted by Gasteiger charge is -2.10. The Hall–Kier alpha value is -3.91. The number of fused-ring (bicyclic) bond motifs is 1. The number of nitrogens with zero attached hydrogens (tertiary/aromatic N) is 1. The molecule has 4 rings (SSSR count). The molecule has 1 aromatic heterocycles. The van der Waals surface area contributed by atoms with Crippen molar-refractivity contribution in [2.24, 2.45) is 0 Å². The van der Waals surface area contributed by atoms with Crippen molar-refractivity contribution >= 4 is 44.2 Å². The van der Waals surface area contributed by atoms with E-state index in [0.29, 0.717) is 33.4 Å². The molecule has 4 aromatic rings. The number of hydrogen-bond donors (Lipinski definition) is 2. The Bertz CT molecular complexity index is 1250.